The molecule has 1 aliphatic heterocycles. The minimum absolute atomic E-state index is 0.593. The van der Waals surface area contributed by atoms with E-state index in [-0.39, 0.29) is 0 Å². The molecule has 27 heavy (non-hydrogen) atoms. The van der Waals surface area contributed by atoms with Crippen LogP contribution in [0.15, 0.2) is 34.1 Å². The van der Waals surface area contributed by atoms with Crippen LogP contribution in [0.3, 0.4) is 0 Å². The molecule has 0 aromatic carbocycles. The van der Waals surface area contributed by atoms with E-state index in [4.69, 9.17) is 9.62 Å². The van der Waals surface area contributed by atoms with Gasteiger partial charge in [-0.2, -0.15) is 5.10 Å². The zero-order valence-corrected chi connectivity index (χ0v) is 16.0. The van der Waals surface area contributed by atoms with Crippen molar-refractivity contribution in [3.8, 4) is 0 Å². The Kier molecular flexibility index (Phi) is 5.72. The van der Waals surface area contributed by atoms with Crippen LogP contribution in [0.25, 0.3) is 0 Å². The Morgan fingerprint density at radius 2 is 2.00 bits per heavy atom. The molecule has 0 radical (unpaired) electrons. The van der Waals surface area contributed by atoms with E-state index >= 15 is 0 Å². The summed E-state index contributed by atoms with van der Waals surface area (Å²) in [6, 6.07) is 4.64. The van der Waals surface area contributed by atoms with Crippen molar-refractivity contribution in [2.24, 2.45) is 4.99 Å². The van der Waals surface area contributed by atoms with Crippen molar-refractivity contribution in [1.82, 2.24) is 30.1 Å². The van der Waals surface area contributed by atoms with Crippen LogP contribution in [0, 0.1) is 0 Å². The van der Waals surface area contributed by atoms with Gasteiger partial charge < -0.3 is 14.7 Å². The van der Waals surface area contributed by atoms with E-state index in [9.17, 15) is 0 Å². The lowest BCUT2D eigenvalue weighted by molar-refractivity contribution is 0.169. The predicted octanol–water partition coefficient (Wildman–Crippen LogP) is 1.88. The largest absolute Gasteiger partial charge is 0.364 e. The lowest BCUT2D eigenvalue weighted by Gasteiger charge is -2.36. The first-order valence-electron chi connectivity index (χ1n) is 9.93. The van der Waals surface area contributed by atoms with Gasteiger partial charge in [-0.3, -0.25) is 14.6 Å². The molecule has 0 spiro atoms. The zero-order chi connectivity index (χ0) is 18.5. The number of hydrogen-bond acceptors (Lipinski definition) is 5. The van der Waals surface area contributed by atoms with Crippen molar-refractivity contribution in [3.63, 3.8) is 0 Å². The Balaban J connectivity index is 1.25. The molecule has 2 aliphatic rings. The maximum Gasteiger partial charge on any atom is 0.194 e. The number of guanidine groups is 1. The highest BCUT2D eigenvalue weighted by Gasteiger charge is 2.21. The third-order valence-electron chi connectivity index (χ3n) is 5.55. The van der Waals surface area contributed by atoms with Gasteiger partial charge in [0, 0.05) is 52.0 Å². The minimum atomic E-state index is 0.593. The van der Waals surface area contributed by atoms with Gasteiger partial charge in [0.15, 0.2) is 5.96 Å². The van der Waals surface area contributed by atoms with Gasteiger partial charge in [-0.25, -0.2) is 0 Å². The van der Waals surface area contributed by atoms with E-state index in [1.165, 1.54) is 25.7 Å². The van der Waals surface area contributed by atoms with Gasteiger partial charge in [0.25, 0.3) is 0 Å². The maximum atomic E-state index is 4.92. The Labute approximate surface area is 160 Å². The van der Waals surface area contributed by atoms with Crippen LogP contribution < -0.4 is 5.32 Å². The van der Waals surface area contributed by atoms with Gasteiger partial charge in [-0.1, -0.05) is 18.0 Å². The van der Waals surface area contributed by atoms with Gasteiger partial charge in [-0.05, 0) is 18.9 Å². The second-order valence-corrected chi connectivity index (χ2v) is 7.38. The molecule has 146 valence electrons. The third kappa shape index (κ3) is 4.50. The first kappa shape index (κ1) is 18.0. The fourth-order valence-electron chi connectivity index (χ4n) is 4.01. The van der Waals surface area contributed by atoms with Gasteiger partial charge in [-0.15, -0.1) is 0 Å². The van der Waals surface area contributed by atoms with E-state index in [0.29, 0.717) is 12.6 Å². The zero-order valence-electron chi connectivity index (χ0n) is 16.0. The standard InChI is InChI=1S/C19H29N7O/c1-20-19(21-14-16-6-8-26(22-16)18-4-2-3-5-18)25-11-9-24(10-12-25)15-17-7-13-27-23-17/h6-8,13,18H,2-5,9-12,14-15H2,1H3,(H,20,21). The second-order valence-electron chi connectivity index (χ2n) is 7.38. The van der Waals surface area contributed by atoms with Crippen LogP contribution in [-0.4, -0.2) is 63.9 Å². The summed E-state index contributed by atoms with van der Waals surface area (Å²) in [6.45, 7) is 5.44. The monoisotopic (exact) mass is 371 g/mol. The van der Waals surface area contributed by atoms with Crippen molar-refractivity contribution < 1.29 is 4.52 Å². The summed E-state index contributed by atoms with van der Waals surface area (Å²) in [5, 5.41) is 12.2. The van der Waals surface area contributed by atoms with Gasteiger partial charge >= 0.3 is 0 Å². The number of aliphatic imine (C=N–C) groups is 1. The molecule has 4 rings (SSSR count). The lowest BCUT2D eigenvalue weighted by Crippen LogP contribution is -2.52. The van der Waals surface area contributed by atoms with Crippen molar-refractivity contribution in [2.45, 2.75) is 44.8 Å². The van der Waals surface area contributed by atoms with E-state index in [2.05, 4.69) is 42.2 Å². The van der Waals surface area contributed by atoms with Crippen LogP contribution in [0.2, 0.25) is 0 Å². The number of nitrogens with zero attached hydrogens (tertiary/aromatic N) is 6. The van der Waals surface area contributed by atoms with Crippen molar-refractivity contribution in [1.29, 1.82) is 0 Å². The van der Waals surface area contributed by atoms with Crippen LogP contribution in [-0.2, 0) is 13.1 Å². The third-order valence-corrected chi connectivity index (χ3v) is 5.55. The molecule has 0 amide bonds. The maximum absolute atomic E-state index is 4.92. The summed E-state index contributed by atoms with van der Waals surface area (Å²) < 4.78 is 7.07. The summed E-state index contributed by atoms with van der Waals surface area (Å²) in [7, 11) is 1.85. The molecule has 1 aliphatic carbocycles. The van der Waals surface area contributed by atoms with Gasteiger partial charge in [0.05, 0.1) is 24.0 Å². The molecule has 1 saturated carbocycles. The summed E-state index contributed by atoms with van der Waals surface area (Å²) in [5.74, 6) is 0.950. The Bertz CT molecular complexity index is 725. The molecule has 2 aromatic heterocycles. The number of piperazine rings is 1. The number of hydrogen-bond donors (Lipinski definition) is 1. The van der Waals surface area contributed by atoms with Crippen LogP contribution >= 0.6 is 0 Å². The van der Waals surface area contributed by atoms with Crippen molar-refractivity contribution in [3.05, 3.63) is 36.0 Å². The van der Waals surface area contributed by atoms with E-state index < -0.39 is 0 Å². The number of aromatic nitrogens is 3. The molecule has 0 atom stereocenters. The lowest BCUT2D eigenvalue weighted by atomic mass is 10.3. The first-order chi connectivity index (χ1) is 13.3. The topological polar surface area (TPSA) is 74.7 Å². The molecular formula is C19H29N7O. The van der Waals surface area contributed by atoms with E-state index in [1.807, 2.05) is 13.1 Å². The molecule has 8 heteroatoms. The highest BCUT2D eigenvalue weighted by molar-refractivity contribution is 5.79. The molecule has 1 N–H and O–H groups in total. The average Bonchev–Trinajstić information content (AvgIpc) is 3.46. The molecule has 2 aromatic rings. The first-order valence-corrected chi connectivity index (χ1v) is 9.93. The average molecular weight is 371 g/mol. The van der Waals surface area contributed by atoms with Crippen molar-refractivity contribution in [2.75, 3.05) is 33.2 Å². The van der Waals surface area contributed by atoms with E-state index in [1.54, 1.807) is 6.26 Å². The molecule has 1 saturated heterocycles. The highest BCUT2D eigenvalue weighted by Crippen LogP contribution is 2.28. The van der Waals surface area contributed by atoms with Gasteiger partial charge in [0.1, 0.15) is 6.26 Å². The summed E-state index contributed by atoms with van der Waals surface area (Å²) in [4.78, 5) is 9.17. The fraction of sp³-hybridized carbons (Fsp3) is 0.632. The molecule has 2 fully saturated rings. The van der Waals surface area contributed by atoms with Crippen molar-refractivity contribution >= 4 is 5.96 Å². The Morgan fingerprint density at radius 3 is 2.70 bits per heavy atom. The quantitative estimate of drug-likeness (QED) is 0.639. The normalized spacial score (nSPS) is 19.7. The predicted molar refractivity (Wildman–Crippen MR) is 103 cm³/mol. The van der Waals surface area contributed by atoms with Crippen LogP contribution in [0.1, 0.15) is 43.1 Å². The van der Waals surface area contributed by atoms with Crippen LogP contribution in [0.4, 0.5) is 0 Å². The van der Waals surface area contributed by atoms with Crippen LogP contribution in [0.5, 0.6) is 0 Å². The van der Waals surface area contributed by atoms with E-state index in [0.717, 1.165) is 50.1 Å². The minimum Gasteiger partial charge on any atom is -0.364 e. The molecule has 0 unspecified atom stereocenters. The molecule has 8 nitrogen and oxygen atoms in total. The second kappa shape index (κ2) is 8.56. The molecule has 3 heterocycles. The van der Waals surface area contributed by atoms with Gasteiger partial charge in [0.2, 0.25) is 0 Å². The highest BCUT2D eigenvalue weighted by atomic mass is 16.5. The Morgan fingerprint density at radius 1 is 1.19 bits per heavy atom. The molecular weight excluding hydrogens is 342 g/mol. The SMILES string of the molecule is CN=C(NCc1ccn(C2CCCC2)n1)N1CCN(Cc2ccon2)CC1. The number of nitrogens with one attached hydrogen (secondary N) is 1. The smallest absolute Gasteiger partial charge is 0.194 e. The summed E-state index contributed by atoms with van der Waals surface area (Å²) in [6.07, 6.45) is 8.92. The number of rotatable bonds is 5. The summed E-state index contributed by atoms with van der Waals surface area (Å²) >= 11 is 0. The molecule has 0 bridgehead atoms. The fourth-order valence-corrected chi connectivity index (χ4v) is 4.01. The Hall–Kier alpha value is -2.35. The summed E-state index contributed by atoms with van der Waals surface area (Å²) in [5.41, 5.74) is 2.07.